The number of aliphatic imine (C=N–C) groups is 1. The first-order valence-corrected chi connectivity index (χ1v) is 9.35. The Balaban J connectivity index is 3.64. The number of halogens is 6. The van der Waals surface area contributed by atoms with Crippen LogP contribution < -0.4 is 0 Å². The van der Waals surface area contributed by atoms with Crippen molar-refractivity contribution in [3.05, 3.63) is 53.1 Å². The zero-order valence-corrected chi connectivity index (χ0v) is 18.0. The number of carbonyl (C=O) groups excluding carboxylic acids is 1. The maximum absolute atomic E-state index is 14.2. The van der Waals surface area contributed by atoms with Crippen LogP contribution >= 0.6 is 0 Å². The van der Waals surface area contributed by atoms with E-state index >= 15 is 0 Å². The number of benzene rings is 1. The first-order valence-electron chi connectivity index (χ1n) is 9.35. The van der Waals surface area contributed by atoms with Gasteiger partial charge in [0.25, 0.3) is 0 Å². The molecule has 31 heavy (non-hydrogen) atoms. The Bertz CT molecular complexity index is 896. The number of rotatable bonds is 8. The van der Waals surface area contributed by atoms with Crippen LogP contribution in [0.5, 0.6) is 0 Å². The van der Waals surface area contributed by atoms with E-state index in [2.05, 4.69) is 11.6 Å². The van der Waals surface area contributed by atoms with Gasteiger partial charge in [-0.3, -0.25) is 9.79 Å². The summed E-state index contributed by atoms with van der Waals surface area (Å²) in [5.41, 5.74) is -5.11. The van der Waals surface area contributed by atoms with Crippen molar-refractivity contribution in [3.63, 3.8) is 0 Å². The monoisotopic (exact) mass is 449 g/mol. The van der Waals surface area contributed by atoms with Crippen molar-refractivity contribution in [1.29, 1.82) is 0 Å². The molecule has 0 saturated carbocycles. The highest BCUT2D eigenvalue weighted by atomic mass is 19.4. The van der Waals surface area contributed by atoms with Gasteiger partial charge in [-0.25, -0.2) is 0 Å². The van der Waals surface area contributed by atoms with Crippen molar-refractivity contribution in [2.45, 2.75) is 51.6 Å². The van der Waals surface area contributed by atoms with Crippen LogP contribution in [0.2, 0.25) is 0 Å². The molecule has 0 amide bonds. The van der Waals surface area contributed by atoms with Gasteiger partial charge in [-0.05, 0) is 43.0 Å². The fraction of sp³-hybridized carbons (Fsp3) is 0.455. The molecule has 1 rings (SSSR count). The third-order valence-corrected chi connectivity index (χ3v) is 5.02. The normalized spacial score (nSPS) is 15.6. The van der Waals surface area contributed by atoms with Crippen molar-refractivity contribution >= 4 is 17.1 Å². The summed E-state index contributed by atoms with van der Waals surface area (Å²) in [5, 5.41) is 0. The molecule has 0 heterocycles. The van der Waals surface area contributed by atoms with E-state index in [-0.39, 0.29) is 16.9 Å². The molecule has 0 aliphatic heterocycles. The van der Waals surface area contributed by atoms with Gasteiger partial charge in [0, 0.05) is 31.7 Å². The van der Waals surface area contributed by atoms with E-state index in [9.17, 15) is 31.1 Å². The summed E-state index contributed by atoms with van der Waals surface area (Å²) in [7, 11) is 1.45. The Morgan fingerprint density at radius 1 is 1.19 bits per heavy atom. The Labute approximate surface area is 177 Å². The van der Waals surface area contributed by atoms with E-state index in [1.54, 1.807) is 6.07 Å². The summed E-state index contributed by atoms with van der Waals surface area (Å²) in [5.74, 6) is -0.285. The van der Waals surface area contributed by atoms with Crippen LogP contribution in [0, 0.1) is 0 Å². The predicted molar refractivity (Wildman–Crippen MR) is 108 cm³/mol. The van der Waals surface area contributed by atoms with Gasteiger partial charge in [-0.1, -0.05) is 31.7 Å². The lowest BCUT2D eigenvalue weighted by Crippen LogP contribution is -2.52. The Hall–Kier alpha value is -2.42. The lowest BCUT2D eigenvalue weighted by atomic mass is 9.81. The zero-order valence-electron chi connectivity index (χ0n) is 18.0. The number of hydrogen-bond acceptors (Lipinski definition) is 3. The second kappa shape index (κ2) is 9.80. The minimum atomic E-state index is -5.22. The quantitative estimate of drug-likeness (QED) is 0.262. The summed E-state index contributed by atoms with van der Waals surface area (Å²) < 4.78 is 87.7. The second-order valence-electron chi connectivity index (χ2n) is 6.86. The smallest absolute Gasteiger partial charge is 0.364 e. The van der Waals surface area contributed by atoms with Gasteiger partial charge in [0.1, 0.15) is 5.71 Å². The van der Waals surface area contributed by atoms with E-state index in [4.69, 9.17) is 4.74 Å². The fourth-order valence-corrected chi connectivity index (χ4v) is 3.44. The molecule has 1 atom stereocenters. The molecular weight excluding hydrogens is 424 g/mol. The lowest BCUT2D eigenvalue weighted by molar-refractivity contribution is -0.250. The van der Waals surface area contributed by atoms with Crippen LogP contribution in [-0.4, -0.2) is 43.6 Å². The highest BCUT2D eigenvalue weighted by Gasteiger charge is 2.61. The molecule has 1 unspecified atom stereocenters. The van der Waals surface area contributed by atoms with E-state index in [0.717, 1.165) is 14.0 Å². The minimum Gasteiger partial charge on any atom is -0.364 e. The number of Topliss-reactive ketones (excluding diaryl/α,β-unsaturated/α-hetero) is 1. The molecule has 3 nitrogen and oxygen atoms in total. The maximum Gasteiger partial charge on any atom is 0.433 e. The van der Waals surface area contributed by atoms with Crippen LogP contribution in [0.1, 0.15) is 48.7 Å². The summed E-state index contributed by atoms with van der Waals surface area (Å²) in [4.78, 5) is 15.0. The third kappa shape index (κ3) is 5.44. The fourth-order valence-electron chi connectivity index (χ4n) is 3.44. The molecular formula is C22H25F6NO2. The van der Waals surface area contributed by atoms with Gasteiger partial charge < -0.3 is 4.74 Å². The third-order valence-electron chi connectivity index (χ3n) is 5.02. The van der Waals surface area contributed by atoms with Gasteiger partial charge in [0.2, 0.25) is 0 Å². The van der Waals surface area contributed by atoms with Gasteiger partial charge in [0.15, 0.2) is 11.4 Å². The summed E-state index contributed by atoms with van der Waals surface area (Å²) in [6, 6.07) is 4.47. The molecule has 1 aromatic carbocycles. The van der Waals surface area contributed by atoms with E-state index in [1.807, 2.05) is 6.92 Å². The second-order valence-corrected chi connectivity index (χ2v) is 6.86. The molecule has 0 radical (unpaired) electrons. The summed E-state index contributed by atoms with van der Waals surface area (Å²) >= 11 is 0. The van der Waals surface area contributed by atoms with Crippen LogP contribution in [0.4, 0.5) is 26.3 Å². The van der Waals surface area contributed by atoms with Crippen LogP contribution in [0.25, 0.3) is 5.57 Å². The average Bonchev–Trinajstić information content (AvgIpc) is 2.67. The summed E-state index contributed by atoms with van der Waals surface area (Å²) in [6.07, 6.45) is -10.2. The number of ether oxygens (including phenoxy) is 1. The highest BCUT2D eigenvalue weighted by molar-refractivity contribution is 6.06. The molecule has 9 heteroatoms. The van der Waals surface area contributed by atoms with E-state index < -0.39 is 35.7 Å². The SMILES string of the molecule is C=C(CC(OC)(/C(=C/C)C(=NC)C(F)(F)F)C(F)(F)F)c1ccc(CC)c(C(C)=O)c1. The lowest BCUT2D eigenvalue weighted by Gasteiger charge is -2.38. The first-order chi connectivity index (χ1) is 14.2. The van der Waals surface area contributed by atoms with Crippen molar-refractivity contribution in [2.24, 2.45) is 4.99 Å². The molecule has 0 aliphatic carbocycles. The predicted octanol–water partition coefficient (Wildman–Crippen LogP) is 6.38. The average molecular weight is 449 g/mol. The molecule has 0 N–H and O–H groups in total. The number of ketones is 1. The van der Waals surface area contributed by atoms with Crippen molar-refractivity contribution < 1.29 is 35.9 Å². The Morgan fingerprint density at radius 3 is 2.13 bits per heavy atom. The number of aryl methyl sites for hydroxylation is 1. The van der Waals surface area contributed by atoms with Crippen molar-refractivity contribution in [2.75, 3.05) is 14.2 Å². The molecule has 1 aromatic rings. The molecule has 172 valence electrons. The van der Waals surface area contributed by atoms with Crippen LogP contribution in [0.3, 0.4) is 0 Å². The van der Waals surface area contributed by atoms with Crippen LogP contribution in [0.15, 0.2) is 41.4 Å². The largest absolute Gasteiger partial charge is 0.433 e. The minimum absolute atomic E-state index is 0.138. The number of allylic oxidation sites excluding steroid dienone is 1. The molecule has 0 fully saturated rings. The van der Waals surface area contributed by atoms with Crippen molar-refractivity contribution in [1.82, 2.24) is 0 Å². The molecule has 0 aromatic heterocycles. The number of hydrogen-bond donors (Lipinski definition) is 0. The summed E-state index contributed by atoms with van der Waals surface area (Å²) in [6.45, 7) is 7.84. The maximum atomic E-state index is 14.2. The van der Waals surface area contributed by atoms with Gasteiger partial charge in [-0.15, -0.1) is 0 Å². The van der Waals surface area contributed by atoms with Gasteiger partial charge >= 0.3 is 12.4 Å². The molecule has 0 spiro atoms. The molecule has 0 saturated heterocycles. The van der Waals surface area contributed by atoms with Gasteiger partial charge in [0.05, 0.1) is 0 Å². The van der Waals surface area contributed by atoms with Crippen molar-refractivity contribution in [3.8, 4) is 0 Å². The van der Waals surface area contributed by atoms with E-state index in [1.165, 1.54) is 19.1 Å². The number of carbonyl (C=O) groups is 1. The Kier molecular flexibility index (Phi) is 8.42. The highest BCUT2D eigenvalue weighted by Crippen LogP contribution is 2.47. The number of nitrogens with zero attached hydrogens (tertiary/aromatic N) is 1. The molecule has 0 bridgehead atoms. The topological polar surface area (TPSA) is 38.7 Å². The zero-order chi connectivity index (χ0) is 24.2. The van der Waals surface area contributed by atoms with Gasteiger partial charge in [-0.2, -0.15) is 26.3 Å². The Morgan fingerprint density at radius 2 is 1.77 bits per heavy atom. The number of methoxy groups -OCH3 is 1. The molecule has 0 aliphatic rings. The number of alkyl halides is 6. The van der Waals surface area contributed by atoms with E-state index in [0.29, 0.717) is 30.7 Å². The standard InChI is InChI=1S/C22H25F6NO2/c1-7-15-9-10-16(11-17(15)14(4)30)13(3)12-20(31-6,22(26,27)28)18(8-2)19(29-5)21(23,24)25/h8-11H,3,7,12H2,1-2,4-6H3/b18-8+,29-19?. The first kappa shape index (κ1) is 26.6. The van der Waals surface area contributed by atoms with Crippen LogP contribution in [-0.2, 0) is 11.2 Å².